The van der Waals surface area contributed by atoms with Gasteiger partial charge >= 0.3 is 0 Å². The molecule has 1 amide bonds. The van der Waals surface area contributed by atoms with Crippen LogP contribution in [-0.4, -0.2) is 40.4 Å². The van der Waals surface area contributed by atoms with Gasteiger partial charge in [0.2, 0.25) is 11.7 Å². The Morgan fingerprint density at radius 2 is 1.67 bits per heavy atom. The first-order valence-electron chi connectivity index (χ1n) is 8.61. The van der Waals surface area contributed by atoms with Crippen LogP contribution in [0.4, 0.5) is 0 Å². The van der Waals surface area contributed by atoms with Gasteiger partial charge in [0.1, 0.15) is 5.75 Å². The molecule has 0 aliphatic rings. The number of benzene rings is 2. The lowest BCUT2D eigenvalue weighted by atomic mass is 10.1. The zero-order chi connectivity index (χ0) is 19.5. The van der Waals surface area contributed by atoms with Gasteiger partial charge < -0.3 is 24.3 Å². The highest BCUT2D eigenvalue weighted by Crippen LogP contribution is 2.38. The van der Waals surface area contributed by atoms with Crippen molar-refractivity contribution in [3.05, 3.63) is 54.1 Å². The van der Waals surface area contributed by atoms with Crippen molar-refractivity contribution < 1.29 is 23.7 Å². The van der Waals surface area contributed by atoms with Gasteiger partial charge in [-0.2, -0.15) is 0 Å². The van der Waals surface area contributed by atoms with Gasteiger partial charge in [-0.3, -0.25) is 4.79 Å². The van der Waals surface area contributed by atoms with Crippen LogP contribution in [0.3, 0.4) is 0 Å². The number of rotatable bonds is 10. The Morgan fingerprint density at radius 3 is 2.26 bits per heavy atom. The maximum Gasteiger partial charge on any atom is 0.244 e. The summed E-state index contributed by atoms with van der Waals surface area (Å²) in [5.74, 6) is 2.24. The standard InChI is InChI=1S/C21H25NO5/c1-24-18-14-16(15-19(25-2)21(18)26-3)10-11-20(23)22-12-7-13-27-17-8-5-4-6-9-17/h4-6,8-11,14-15H,7,12-13H2,1-3H3,(H,22,23). The van der Waals surface area contributed by atoms with E-state index in [4.69, 9.17) is 18.9 Å². The fourth-order valence-corrected chi connectivity index (χ4v) is 2.42. The summed E-state index contributed by atoms with van der Waals surface area (Å²) in [6.07, 6.45) is 3.89. The smallest absolute Gasteiger partial charge is 0.244 e. The molecule has 0 saturated carbocycles. The van der Waals surface area contributed by atoms with E-state index in [0.29, 0.717) is 30.4 Å². The molecule has 144 valence electrons. The van der Waals surface area contributed by atoms with Crippen LogP contribution in [0.1, 0.15) is 12.0 Å². The number of carbonyl (C=O) groups excluding carboxylic acids is 1. The quantitative estimate of drug-likeness (QED) is 0.513. The van der Waals surface area contributed by atoms with Crippen molar-refractivity contribution in [3.63, 3.8) is 0 Å². The van der Waals surface area contributed by atoms with E-state index in [0.717, 1.165) is 17.7 Å². The van der Waals surface area contributed by atoms with Crippen LogP contribution in [0.2, 0.25) is 0 Å². The van der Waals surface area contributed by atoms with Crippen molar-refractivity contribution in [2.75, 3.05) is 34.5 Å². The van der Waals surface area contributed by atoms with Gasteiger partial charge in [0.05, 0.1) is 27.9 Å². The summed E-state index contributed by atoms with van der Waals surface area (Å²) in [7, 11) is 4.65. The number of methoxy groups -OCH3 is 3. The third kappa shape index (κ3) is 6.26. The molecule has 0 aliphatic heterocycles. The van der Waals surface area contributed by atoms with Crippen molar-refractivity contribution in [2.24, 2.45) is 0 Å². The van der Waals surface area contributed by atoms with Crippen LogP contribution in [-0.2, 0) is 4.79 Å². The van der Waals surface area contributed by atoms with Gasteiger partial charge in [0.25, 0.3) is 0 Å². The van der Waals surface area contributed by atoms with Gasteiger partial charge in [-0.15, -0.1) is 0 Å². The number of ether oxygens (including phenoxy) is 4. The van der Waals surface area contributed by atoms with E-state index < -0.39 is 0 Å². The Kier molecular flexibility index (Phi) is 8.03. The molecule has 0 atom stereocenters. The highest BCUT2D eigenvalue weighted by atomic mass is 16.5. The third-order valence-electron chi connectivity index (χ3n) is 3.75. The summed E-state index contributed by atoms with van der Waals surface area (Å²) in [4.78, 5) is 12.0. The molecule has 0 radical (unpaired) electrons. The molecule has 0 aromatic heterocycles. The second kappa shape index (κ2) is 10.8. The first-order chi connectivity index (χ1) is 13.2. The van der Waals surface area contributed by atoms with E-state index in [1.54, 1.807) is 39.5 Å². The normalized spacial score (nSPS) is 10.5. The molecule has 0 aliphatic carbocycles. The summed E-state index contributed by atoms with van der Waals surface area (Å²) in [6, 6.07) is 13.1. The molecule has 2 aromatic rings. The van der Waals surface area contributed by atoms with E-state index in [-0.39, 0.29) is 5.91 Å². The van der Waals surface area contributed by atoms with Crippen LogP contribution < -0.4 is 24.3 Å². The number of carbonyl (C=O) groups is 1. The number of para-hydroxylation sites is 1. The molecule has 6 nitrogen and oxygen atoms in total. The fraction of sp³-hybridized carbons (Fsp3) is 0.286. The highest BCUT2D eigenvalue weighted by molar-refractivity contribution is 5.91. The monoisotopic (exact) mass is 371 g/mol. The molecule has 0 unspecified atom stereocenters. The Balaban J connectivity index is 1.82. The van der Waals surface area contributed by atoms with Gasteiger partial charge in [-0.25, -0.2) is 0 Å². The molecule has 0 bridgehead atoms. The molecule has 0 saturated heterocycles. The van der Waals surface area contributed by atoms with Crippen molar-refractivity contribution in [2.45, 2.75) is 6.42 Å². The molecule has 6 heteroatoms. The minimum Gasteiger partial charge on any atom is -0.494 e. The van der Waals surface area contributed by atoms with Crippen molar-refractivity contribution in [3.8, 4) is 23.0 Å². The zero-order valence-electron chi connectivity index (χ0n) is 15.9. The molecular formula is C21H25NO5. The number of hydrogen-bond acceptors (Lipinski definition) is 5. The molecule has 27 heavy (non-hydrogen) atoms. The zero-order valence-corrected chi connectivity index (χ0v) is 15.9. The van der Waals surface area contributed by atoms with Crippen LogP contribution in [0.15, 0.2) is 48.5 Å². The van der Waals surface area contributed by atoms with E-state index in [9.17, 15) is 4.79 Å². The summed E-state index contributed by atoms with van der Waals surface area (Å²) in [6.45, 7) is 1.08. The summed E-state index contributed by atoms with van der Waals surface area (Å²) >= 11 is 0. The van der Waals surface area contributed by atoms with E-state index >= 15 is 0 Å². The highest BCUT2D eigenvalue weighted by Gasteiger charge is 2.12. The number of amides is 1. The predicted octanol–water partition coefficient (Wildman–Crippen LogP) is 3.31. The molecule has 1 N–H and O–H groups in total. The topological polar surface area (TPSA) is 66.0 Å². The second-order valence-electron chi connectivity index (χ2n) is 5.60. The van der Waals surface area contributed by atoms with Crippen LogP contribution >= 0.6 is 0 Å². The minimum absolute atomic E-state index is 0.177. The third-order valence-corrected chi connectivity index (χ3v) is 3.75. The largest absolute Gasteiger partial charge is 0.494 e. The average molecular weight is 371 g/mol. The maximum absolute atomic E-state index is 12.0. The van der Waals surface area contributed by atoms with Gasteiger partial charge in [0.15, 0.2) is 11.5 Å². The molecule has 0 fully saturated rings. The van der Waals surface area contributed by atoms with Gasteiger partial charge in [-0.1, -0.05) is 18.2 Å². The Hall–Kier alpha value is -3.15. The Morgan fingerprint density at radius 1 is 1.00 bits per heavy atom. The number of hydrogen-bond donors (Lipinski definition) is 1. The molecule has 2 rings (SSSR count). The predicted molar refractivity (Wildman–Crippen MR) is 105 cm³/mol. The van der Waals surface area contributed by atoms with Crippen molar-refractivity contribution >= 4 is 12.0 Å². The Labute approximate surface area is 159 Å². The minimum atomic E-state index is -0.177. The van der Waals surface area contributed by atoms with Crippen LogP contribution in [0.25, 0.3) is 6.08 Å². The molecular weight excluding hydrogens is 346 g/mol. The first kappa shape index (κ1) is 20.2. The first-order valence-corrected chi connectivity index (χ1v) is 8.61. The van der Waals surface area contributed by atoms with Crippen LogP contribution in [0, 0.1) is 0 Å². The fourth-order valence-electron chi connectivity index (χ4n) is 2.42. The lowest BCUT2D eigenvalue weighted by Gasteiger charge is -2.12. The SMILES string of the molecule is COc1cc(C=CC(=O)NCCCOc2ccccc2)cc(OC)c1OC. The van der Waals surface area contributed by atoms with E-state index in [1.165, 1.54) is 6.08 Å². The molecule has 2 aromatic carbocycles. The lowest BCUT2D eigenvalue weighted by Crippen LogP contribution is -2.23. The van der Waals surface area contributed by atoms with E-state index in [2.05, 4.69) is 5.32 Å². The maximum atomic E-state index is 12.0. The van der Waals surface area contributed by atoms with Gasteiger partial charge in [0, 0.05) is 12.6 Å². The second-order valence-corrected chi connectivity index (χ2v) is 5.60. The average Bonchev–Trinajstić information content (AvgIpc) is 2.71. The molecule has 0 spiro atoms. The van der Waals surface area contributed by atoms with E-state index in [1.807, 2.05) is 30.3 Å². The summed E-state index contributed by atoms with van der Waals surface area (Å²) < 4.78 is 21.5. The Bertz CT molecular complexity index is 733. The summed E-state index contributed by atoms with van der Waals surface area (Å²) in [5, 5.41) is 2.83. The van der Waals surface area contributed by atoms with Gasteiger partial charge in [-0.05, 0) is 42.3 Å². The van der Waals surface area contributed by atoms with Crippen molar-refractivity contribution in [1.29, 1.82) is 0 Å². The lowest BCUT2D eigenvalue weighted by molar-refractivity contribution is -0.116. The van der Waals surface area contributed by atoms with Crippen molar-refractivity contribution in [1.82, 2.24) is 5.32 Å². The van der Waals surface area contributed by atoms with Crippen LogP contribution in [0.5, 0.6) is 23.0 Å². The summed E-state index contributed by atoms with van der Waals surface area (Å²) in [5.41, 5.74) is 0.770. The molecule has 0 heterocycles. The number of nitrogens with one attached hydrogen (secondary N) is 1.